The standard InChI is InChI=1S/C21H28N2O6S/c1-5-12-22-30(25,26)18-9-7-17(8-10-18)29-14-21(24)23-15(2)16-6-11-19(27-3)20(13-16)28-4/h6-11,13,15,22H,5,12,14H2,1-4H3,(H,23,24)/t15-/m1/s1. The summed E-state index contributed by atoms with van der Waals surface area (Å²) in [4.78, 5) is 12.4. The van der Waals surface area contributed by atoms with Crippen molar-refractivity contribution in [3.63, 3.8) is 0 Å². The number of carbonyl (C=O) groups excluding carboxylic acids is 1. The summed E-state index contributed by atoms with van der Waals surface area (Å²) in [5.41, 5.74) is 0.857. The quantitative estimate of drug-likeness (QED) is 0.561. The van der Waals surface area contributed by atoms with Crippen LogP contribution in [0.15, 0.2) is 47.4 Å². The van der Waals surface area contributed by atoms with Crippen LogP contribution in [0.4, 0.5) is 0 Å². The van der Waals surface area contributed by atoms with E-state index >= 15 is 0 Å². The van der Waals surface area contributed by atoms with Crippen molar-refractivity contribution in [2.75, 3.05) is 27.4 Å². The van der Waals surface area contributed by atoms with Gasteiger partial charge in [-0.15, -0.1) is 0 Å². The van der Waals surface area contributed by atoms with Gasteiger partial charge in [-0.3, -0.25) is 4.79 Å². The fraction of sp³-hybridized carbons (Fsp3) is 0.381. The SMILES string of the molecule is CCCNS(=O)(=O)c1ccc(OCC(=O)N[C@H](C)c2ccc(OC)c(OC)c2)cc1. The van der Waals surface area contributed by atoms with Crippen LogP contribution < -0.4 is 24.2 Å². The first-order chi connectivity index (χ1) is 14.3. The molecule has 1 atom stereocenters. The maximum absolute atomic E-state index is 12.2. The van der Waals surface area contributed by atoms with Gasteiger partial charge in [0.25, 0.3) is 5.91 Å². The molecule has 0 radical (unpaired) electrons. The Morgan fingerprint density at radius 3 is 2.30 bits per heavy atom. The first-order valence-corrected chi connectivity index (χ1v) is 11.0. The van der Waals surface area contributed by atoms with E-state index in [-0.39, 0.29) is 23.5 Å². The Labute approximate surface area is 177 Å². The minimum atomic E-state index is -3.53. The first-order valence-electron chi connectivity index (χ1n) is 9.54. The number of sulfonamides is 1. The van der Waals surface area contributed by atoms with Crippen LogP contribution in [0.25, 0.3) is 0 Å². The molecule has 0 heterocycles. The van der Waals surface area contributed by atoms with Gasteiger partial charge in [-0.05, 0) is 55.3 Å². The van der Waals surface area contributed by atoms with Crippen LogP contribution in [0.2, 0.25) is 0 Å². The molecule has 30 heavy (non-hydrogen) atoms. The highest BCUT2D eigenvalue weighted by Crippen LogP contribution is 2.29. The van der Waals surface area contributed by atoms with Crippen molar-refractivity contribution in [3.05, 3.63) is 48.0 Å². The van der Waals surface area contributed by atoms with E-state index in [1.165, 1.54) is 24.3 Å². The van der Waals surface area contributed by atoms with Gasteiger partial charge < -0.3 is 19.5 Å². The highest BCUT2D eigenvalue weighted by atomic mass is 32.2. The number of methoxy groups -OCH3 is 2. The predicted molar refractivity (Wildman–Crippen MR) is 114 cm³/mol. The summed E-state index contributed by atoms with van der Waals surface area (Å²) in [6, 6.07) is 11.1. The lowest BCUT2D eigenvalue weighted by Crippen LogP contribution is -2.31. The van der Waals surface area contributed by atoms with E-state index in [0.717, 1.165) is 5.56 Å². The Morgan fingerprint density at radius 1 is 1.03 bits per heavy atom. The average Bonchev–Trinajstić information content (AvgIpc) is 2.76. The van der Waals surface area contributed by atoms with E-state index in [2.05, 4.69) is 10.0 Å². The third-order valence-electron chi connectivity index (χ3n) is 4.33. The summed E-state index contributed by atoms with van der Waals surface area (Å²) < 4.78 is 42.6. The molecule has 0 aliphatic carbocycles. The van der Waals surface area contributed by atoms with Crippen molar-refractivity contribution >= 4 is 15.9 Å². The summed E-state index contributed by atoms with van der Waals surface area (Å²) in [5, 5.41) is 2.85. The van der Waals surface area contributed by atoms with Crippen molar-refractivity contribution < 1.29 is 27.4 Å². The lowest BCUT2D eigenvalue weighted by atomic mass is 10.1. The summed E-state index contributed by atoms with van der Waals surface area (Å²) in [6.07, 6.45) is 0.706. The third kappa shape index (κ3) is 6.36. The zero-order valence-electron chi connectivity index (χ0n) is 17.6. The minimum absolute atomic E-state index is 0.148. The number of carbonyl (C=O) groups is 1. The maximum Gasteiger partial charge on any atom is 0.258 e. The molecule has 0 saturated heterocycles. The number of hydrogen-bond acceptors (Lipinski definition) is 6. The fourth-order valence-electron chi connectivity index (χ4n) is 2.67. The molecule has 0 unspecified atom stereocenters. The van der Waals surface area contributed by atoms with Gasteiger partial charge in [0, 0.05) is 6.54 Å². The Balaban J connectivity index is 1.91. The number of amides is 1. The summed E-state index contributed by atoms with van der Waals surface area (Å²) in [6.45, 7) is 3.91. The number of ether oxygens (including phenoxy) is 3. The molecular weight excluding hydrogens is 408 g/mol. The Bertz CT molecular complexity index is 944. The molecule has 2 rings (SSSR count). The van der Waals surface area contributed by atoms with E-state index in [4.69, 9.17) is 14.2 Å². The van der Waals surface area contributed by atoms with Crippen molar-refractivity contribution in [2.24, 2.45) is 0 Å². The van der Waals surface area contributed by atoms with Crippen LogP contribution in [0.5, 0.6) is 17.2 Å². The van der Waals surface area contributed by atoms with Gasteiger partial charge in [0.2, 0.25) is 10.0 Å². The molecule has 0 fully saturated rings. The van der Waals surface area contributed by atoms with Crippen LogP contribution in [-0.4, -0.2) is 41.7 Å². The van der Waals surface area contributed by atoms with Gasteiger partial charge in [-0.2, -0.15) is 0 Å². The second-order valence-corrected chi connectivity index (χ2v) is 8.33. The largest absolute Gasteiger partial charge is 0.493 e. The van der Waals surface area contributed by atoms with Gasteiger partial charge in [0.05, 0.1) is 25.2 Å². The number of hydrogen-bond donors (Lipinski definition) is 2. The second kappa shape index (κ2) is 10.8. The minimum Gasteiger partial charge on any atom is -0.493 e. The van der Waals surface area contributed by atoms with E-state index in [9.17, 15) is 13.2 Å². The molecule has 0 bridgehead atoms. The molecule has 2 aromatic carbocycles. The van der Waals surface area contributed by atoms with Gasteiger partial charge in [-0.1, -0.05) is 13.0 Å². The monoisotopic (exact) mass is 436 g/mol. The zero-order valence-corrected chi connectivity index (χ0v) is 18.4. The highest BCUT2D eigenvalue weighted by molar-refractivity contribution is 7.89. The number of benzene rings is 2. The molecule has 0 aromatic heterocycles. The second-order valence-electron chi connectivity index (χ2n) is 6.56. The Kier molecular flexibility index (Phi) is 8.49. The van der Waals surface area contributed by atoms with Crippen molar-refractivity contribution in [2.45, 2.75) is 31.2 Å². The molecule has 2 N–H and O–H groups in total. The topological polar surface area (TPSA) is 103 Å². The summed E-state index contributed by atoms with van der Waals surface area (Å²) in [5.74, 6) is 1.28. The lowest BCUT2D eigenvalue weighted by Gasteiger charge is -2.17. The maximum atomic E-state index is 12.2. The predicted octanol–water partition coefficient (Wildman–Crippen LogP) is 2.65. The summed E-state index contributed by atoms with van der Waals surface area (Å²) >= 11 is 0. The van der Waals surface area contributed by atoms with E-state index in [0.29, 0.717) is 30.2 Å². The molecule has 2 aromatic rings. The lowest BCUT2D eigenvalue weighted by molar-refractivity contribution is -0.123. The molecule has 164 valence electrons. The molecule has 0 saturated carbocycles. The number of rotatable bonds is 11. The van der Waals surface area contributed by atoms with E-state index < -0.39 is 10.0 Å². The Hall–Kier alpha value is -2.78. The van der Waals surface area contributed by atoms with E-state index in [1.54, 1.807) is 26.4 Å². The van der Waals surface area contributed by atoms with Gasteiger partial charge in [0.1, 0.15) is 5.75 Å². The van der Waals surface area contributed by atoms with Crippen LogP contribution >= 0.6 is 0 Å². The molecule has 9 heteroatoms. The van der Waals surface area contributed by atoms with Crippen molar-refractivity contribution in [3.8, 4) is 17.2 Å². The smallest absolute Gasteiger partial charge is 0.258 e. The molecular formula is C21H28N2O6S. The molecule has 8 nitrogen and oxygen atoms in total. The molecule has 1 amide bonds. The van der Waals surface area contributed by atoms with E-state index in [1.807, 2.05) is 19.9 Å². The summed E-state index contributed by atoms with van der Waals surface area (Å²) in [7, 11) is -0.422. The molecule has 0 spiro atoms. The van der Waals surface area contributed by atoms with Crippen LogP contribution in [0.1, 0.15) is 31.9 Å². The fourth-order valence-corrected chi connectivity index (χ4v) is 3.81. The van der Waals surface area contributed by atoms with Crippen LogP contribution in [-0.2, 0) is 14.8 Å². The zero-order chi connectivity index (χ0) is 22.1. The first kappa shape index (κ1) is 23.5. The van der Waals surface area contributed by atoms with Crippen molar-refractivity contribution in [1.29, 1.82) is 0 Å². The van der Waals surface area contributed by atoms with Crippen LogP contribution in [0.3, 0.4) is 0 Å². The normalized spacial score (nSPS) is 12.1. The van der Waals surface area contributed by atoms with Crippen molar-refractivity contribution in [1.82, 2.24) is 10.0 Å². The molecule has 0 aliphatic heterocycles. The van der Waals surface area contributed by atoms with Gasteiger partial charge in [-0.25, -0.2) is 13.1 Å². The highest BCUT2D eigenvalue weighted by Gasteiger charge is 2.15. The third-order valence-corrected chi connectivity index (χ3v) is 5.81. The van der Waals surface area contributed by atoms with Gasteiger partial charge in [0.15, 0.2) is 18.1 Å². The molecule has 0 aliphatic rings. The average molecular weight is 437 g/mol. The van der Waals surface area contributed by atoms with Gasteiger partial charge >= 0.3 is 0 Å². The van der Waals surface area contributed by atoms with Crippen LogP contribution in [0, 0.1) is 0 Å². The number of nitrogens with one attached hydrogen (secondary N) is 2. The Morgan fingerprint density at radius 2 is 1.70 bits per heavy atom.